The molecule has 1 amide bonds. The molecule has 0 saturated carbocycles. The highest BCUT2D eigenvalue weighted by Crippen LogP contribution is 2.43. The van der Waals surface area contributed by atoms with E-state index in [9.17, 15) is 27.2 Å². The van der Waals surface area contributed by atoms with Crippen LogP contribution in [-0.4, -0.2) is 43.2 Å². The van der Waals surface area contributed by atoms with Crippen molar-refractivity contribution in [1.82, 2.24) is 4.98 Å². The number of rotatable bonds is 6. The fourth-order valence-electron chi connectivity index (χ4n) is 3.66. The first kappa shape index (κ1) is 23.3. The minimum absolute atomic E-state index is 0.0258. The molecule has 3 rings (SSSR count). The number of nitrogens with zero attached hydrogens (tertiary/aromatic N) is 2. The smallest absolute Gasteiger partial charge is 0.387 e. The first-order chi connectivity index (χ1) is 15.0. The Balaban J connectivity index is 1.94. The fourth-order valence-corrected chi connectivity index (χ4v) is 3.66. The van der Waals surface area contributed by atoms with Gasteiger partial charge in [-0.05, 0) is 36.1 Å². The summed E-state index contributed by atoms with van der Waals surface area (Å²) < 4.78 is 62.6. The number of pyridine rings is 1. The molecule has 1 aliphatic heterocycles. The first-order valence-electron chi connectivity index (χ1n) is 9.57. The van der Waals surface area contributed by atoms with Crippen molar-refractivity contribution in [3.63, 3.8) is 0 Å². The number of amides is 1. The zero-order valence-electron chi connectivity index (χ0n) is 17.5. The van der Waals surface area contributed by atoms with Gasteiger partial charge in [-0.2, -0.15) is 13.2 Å². The molecule has 1 aromatic carbocycles. The number of carbonyl (C=O) groups is 2. The van der Waals surface area contributed by atoms with E-state index >= 15 is 0 Å². The Bertz CT molecular complexity index is 1030. The van der Waals surface area contributed by atoms with E-state index in [1.54, 1.807) is 0 Å². The Kier molecular flexibility index (Phi) is 6.56. The number of carbonyl (C=O) groups excluding carboxylic acids is 2. The molecular weight excluding hydrogens is 434 g/mol. The number of methoxy groups -OCH3 is 1. The minimum Gasteiger partial charge on any atom is -0.464 e. The second-order valence-electron chi connectivity index (χ2n) is 8.01. The minimum atomic E-state index is -3.39. The Labute approximate surface area is 181 Å². The van der Waals surface area contributed by atoms with Gasteiger partial charge < -0.3 is 19.7 Å². The number of benzene rings is 1. The number of hydrogen-bond acceptors (Lipinski definition) is 6. The highest BCUT2D eigenvalue weighted by Gasteiger charge is 2.43. The van der Waals surface area contributed by atoms with Crippen LogP contribution in [0.1, 0.15) is 30.8 Å². The second kappa shape index (κ2) is 9.01. The lowest BCUT2D eigenvalue weighted by Crippen LogP contribution is -2.40. The topological polar surface area (TPSA) is 80.8 Å². The summed E-state index contributed by atoms with van der Waals surface area (Å²) in [5.74, 6) is -5.11. The number of halogens is 4. The Morgan fingerprint density at radius 3 is 2.62 bits per heavy atom. The first-order valence-corrected chi connectivity index (χ1v) is 9.57. The Hall–Kier alpha value is -3.37. The van der Waals surface area contributed by atoms with Gasteiger partial charge in [0, 0.05) is 18.4 Å². The van der Waals surface area contributed by atoms with Gasteiger partial charge in [0.05, 0.1) is 12.8 Å². The van der Waals surface area contributed by atoms with E-state index in [0.29, 0.717) is 6.42 Å². The number of esters is 1. The van der Waals surface area contributed by atoms with Gasteiger partial charge in [0.1, 0.15) is 11.7 Å². The van der Waals surface area contributed by atoms with E-state index in [0.717, 1.165) is 12.1 Å². The van der Waals surface area contributed by atoms with Gasteiger partial charge in [0.25, 0.3) is 0 Å². The lowest BCUT2D eigenvalue weighted by Gasteiger charge is -2.28. The summed E-state index contributed by atoms with van der Waals surface area (Å²) >= 11 is 0. The highest BCUT2D eigenvalue weighted by atomic mass is 19.3. The molecule has 1 aromatic heterocycles. The normalized spacial score (nSPS) is 17.4. The van der Waals surface area contributed by atoms with Gasteiger partial charge in [-0.15, -0.1) is 0 Å². The van der Waals surface area contributed by atoms with Crippen LogP contribution >= 0.6 is 0 Å². The molecule has 1 atom stereocenters. The van der Waals surface area contributed by atoms with Gasteiger partial charge in [-0.3, -0.25) is 4.79 Å². The average molecular weight is 455 g/mol. The summed E-state index contributed by atoms with van der Waals surface area (Å²) in [4.78, 5) is 30.0. The summed E-state index contributed by atoms with van der Waals surface area (Å²) in [6, 6.07) is 3.74. The summed E-state index contributed by atoms with van der Waals surface area (Å²) in [6.07, 6.45) is 1.60. The molecule has 0 aliphatic carbocycles. The third kappa shape index (κ3) is 4.92. The van der Waals surface area contributed by atoms with Crippen LogP contribution in [0.5, 0.6) is 5.75 Å². The van der Waals surface area contributed by atoms with E-state index < -0.39 is 47.3 Å². The molecule has 0 radical (unpaired) electrons. The number of nitrogens with one attached hydrogen (secondary N) is 1. The maximum Gasteiger partial charge on any atom is 0.387 e. The maximum atomic E-state index is 14.3. The van der Waals surface area contributed by atoms with Crippen molar-refractivity contribution in [3.8, 4) is 5.75 Å². The monoisotopic (exact) mass is 455 g/mol. The molecule has 1 unspecified atom stereocenters. The molecule has 1 N–H and O–H groups in total. The van der Waals surface area contributed by atoms with E-state index in [-0.39, 0.29) is 23.6 Å². The van der Waals surface area contributed by atoms with Crippen LogP contribution in [0.3, 0.4) is 0 Å². The number of ether oxygens (including phenoxy) is 2. The molecule has 2 heterocycles. The zero-order valence-corrected chi connectivity index (χ0v) is 17.5. The van der Waals surface area contributed by atoms with E-state index in [2.05, 4.69) is 19.8 Å². The van der Waals surface area contributed by atoms with Gasteiger partial charge in [0.15, 0.2) is 11.6 Å². The van der Waals surface area contributed by atoms with Crippen molar-refractivity contribution in [2.45, 2.75) is 32.9 Å². The SMILES string of the molecule is COC(=O)c1cc(NC(=O)C2CC(C)(C)CN2c2ccc(F)c(F)c2OC(F)F)ccn1. The number of hydrogen-bond donors (Lipinski definition) is 1. The van der Waals surface area contributed by atoms with Crippen LogP contribution in [0, 0.1) is 17.0 Å². The number of aromatic nitrogens is 1. The standard InChI is InChI=1S/C21H21F4N3O4/c1-21(2)9-15(18(29)27-11-6-7-26-13(8-11)19(30)31-3)28(10-21)14-5-4-12(22)16(23)17(14)32-20(24)25/h4-8,15,20H,9-10H2,1-3H3,(H,26,27,29). The quantitative estimate of drug-likeness (QED) is 0.524. The second-order valence-corrected chi connectivity index (χ2v) is 8.01. The molecular formula is C21H21F4N3O4. The fraction of sp³-hybridized carbons (Fsp3) is 0.381. The molecule has 2 aromatic rings. The maximum absolute atomic E-state index is 14.3. The summed E-state index contributed by atoms with van der Waals surface area (Å²) in [7, 11) is 1.19. The molecule has 32 heavy (non-hydrogen) atoms. The Morgan fingerprint density at radius 2 is 1.97 bits per heavy atom. The number of anilines is 2. The van der Waals surface area contributed by atoms with E-state index in [1.807, 2.05) is 13.8 Å². The van der Waals surface area contributed by atoms with Gasteiger partial charge >= 0.3 is 12.6 Å². The summed E-state index contributed by atoms with van der Waals surface area (Å²) in [5, 5.41) is 2.64. The lowest BCUT2D eigenvalue weighted by atomic mass is 9.90. The molecule has 0 bridgehead atoms. The molecule has 172 valence electrons. The van der Waals surface area contributed by atoms with Crippen LogP contribution in [-0.2, 0) is 9.53 Å². The predicted octanol–water partition coefficient (Wildman–Crippen LogP) is 3.99. The van der Waals surface area contributed by atoms with Crippen LogP contribution in [0.2, 0.25) is 0 Å². The van der Waals surface area contributed by atoms with Crippen molar-refractivity contribution in [3.05, 3.63) is 47.8 Å². The average Bonchev–Trinajstić information content (AvgIpc) is 3.06. The van der Waals surface area contributed by atoms with Gasteiger partial charge in [-0.1, -0.05) is 13.8 Å². The Morgan fingerprint density at radius 1 is 1.25 bits per heavy atom. The number of alkyl halides is 2. The van der Waals surface area contributed by atoms with E-state index in [4.69, 9.17) is 0 Å². The van der Waals surface area contributed by atoms with Crippen LogP contribution in [0.4, 0.5) is 28.9 Å². The van der Waals surface area contributed by atoms with Crippen molar-refractivity contribution >= 4 is 23.3 Å². The summed E-state index contributed by atoms with van der Waals surface area (Å²) in [6.45, 7) is 0.506. The molecule has 7 nitrogen and oxygen atoms in total. The van der Waals surface area contributed by atoms with Crippen molar-refractivity contribution in [2.75, 3.05) is 23.9 Å². The van der Waals surface area contributed by atoms with Crippen LogP contribution in [0.25, 0.3) is 0 Å². The van der Waals surface area contributed by atoms with Crippen molar-refractivity contribution in [1.29, 1.82) is 0 Å². The summed E-state index contributed by atoms with van der Waals surface area (Å²) in [5.41, 5.74) is -0.392. The van der Waals surface area contributed by atoms with Crippen LogP contribution in [0.15, 0.2) is 30.5 Å². The molecule has 1 fully saturated rings. The largest absolute Gasteiger partial charge is 0.464 e. The van der Waals surface area contributed by atoms with Crippen molar-refractivity contribution < 1.29 is 36.6 Å². The molecule has 0 spiro atoms. The molecule has 1 aliphatic rings. The highest BCUT2D eigenvalue weighted by molar-refractivity contribution is 5.98. The van der Waals surface area contributed by atoms with Crippen molar-refractivity contribution in [2.24, 2.45) is 5.41 Å². The predicted molar refractivity (Wildman–Crippen MR) is 107 cm³/mol. The molecule has 1 saturated heterocycles. The molecule has 11 heteroatoms. The lowest BCUT2D eigenvalue weighted by molar-refractivity contribution is -0.117. The van der Waals surface area contributed by atoms with Gasteiger partial charge in [0.2, 0.25) is 11.7 Å². The van der Waals surface area contributed by atoms with Crippen LogP contribution < -0.4 is 15.0 Å². The van der Waals surface area contributed by atoms with Gasteiger partial charge in [-0.25, -0.2) is 14.2 Å². The third-order valence-electron chi connectivity index (χ3n) is 4.99. The van der Waals surface area contributed by atoms with E-state index in [1.165, 1.54) is 30.3 Å². The third-order valence-corrected chi connectivity index (χ3v) is 4.99. The zero-order chi connectivity index (χ0) is 23.6.